The maximum absolute atomic E-state index is 9.91. The van der Waals surface area contributed by atoms with Gasteiger partial charge in [0.15, 0.2) is 0 Å². The third-order valence-electron chi connectivity index (χ3n) is 2.42. The van der Waals surface area contributed by atoms with Crippen molar-refractivity contribution in [2.75, 3.05) is 11.5 Å². The Hall–Kier alpha value is -1.05. The van der Waals surface area contributed by atoms with E-state index in [0.29, 0.717) is 6.54 Å². The van der Waals surface area contributed by atoms with E-state index in [9.17, 15) is 4.79 Å². The van der Waals surface area contributed by atoms with Crippen LogP contribution in [0.1, 0.15) is 17.0 Å². The molecule has 2 nitrogen and oxygen atoms in total. The van der Waals surface area contributed by atoms with E-state index in [1.165, 1.54) is 17.1 Å². The molecule has 1 aliphatic rings. The molecule has 1 aliphatic heterocycles. The average molecular weight is 205 g/mol. The maximum Gasteiger partial charge on any atom is 0.235 e. The van der Waals surface area contributed by atoms with Crippen molar-refractivity contribution in [2.45, 2.75) is 12.5 Å². The van der Waals surface area contributed by atoms with Crippen LogP contribution in [-0.4, -0.2) is 17.6 Å². The highest BCUT2D eigenvalue weighted by Gasteiger charge is 2.19. The highest BCUT2D eigenvalue weighted by atomic mass is 32.2. The van der Waals surface area contributed by atoms with Gasteiger partial charge in [-0.15, -0.1) is 0 Å². The maximum atomic E-state index is 9.91. The number of benzene rings is 1. The number of isocyanates is 1. The summed E-state index contributed by atoms with van der Waals surface area (Å²) in [6.45, 7) is 0.448. The lowest BCUT2D eigenvalue weighted by Gasteiger charge is -2.25. The number of aliphatic imine (C=N–C) groups is 1. The van der Waals surface area contributed by atoms with Crippen LogP contribution >= 0.6 is 11.8 Å². The van der Waals surface area contributed by atoms with Crippen LogP contribution in [0.3, 0.4) is 0 Å². The Labute approximate surface area is 87.4 Å². The fraction of sp³-hybridized carbons (Fsp3) is 0.364. The number of thioether (sulfide) groups is 1. The lowest BCUT2D eigenvalue weighted by atomic mass is 10.0. The van der Waals surface area contributed by atoms with Crippen molar-refractivity contribution in [3.63, 3.8) is 0 Å². The monoisotopic (exact) mass is 205 g/mol. The van der Waals surface area contributed by atoms with Crippen molar-refractivity contribution >= 4 is 17.8 Å². The Morgan fingerprint density at radius 2 is 2.07 bits per heavy atom. The minimum atomic E-state index is 0.448. The SMILES string of the molecule is O=C=NCc1ccc(C2CSC2)cc1. The molecular formula is C11H11NOS. The van der Waals surface area contributed by atoms with Gasteiger partial charge in [0.1, 0.15) is 0 Å². The molecule has 0 N–H and O–H groups in total. The van der Waals surface area contributed by atoms with Crippen molar-refractivity contribution in [2.24, 2.45) is 4.99 Å². The third kappa shape index (κ3) is 2.06. The van der Waals surface area contributed by atoms with E-state index < -0.39 is 0 Å². The van der Waals surface area contributed by atoms with Crippen LogP contribution in [0, 0.1) is 0 Å². The van der Waals surface area contributed by atoms with Crippen molar-refractivity contribution in [1.82, 2.24) is 0 Å². The predicted octanol–water partition coefficient (Wildman–Crippen LogP) is 2.35. The zero-order chi connectivity index (χ0) is 9.80. The Morgan fingerprint density at radius 1 is 1.36 bits per heavy atom. The summed E-state index contributed by atoms with van der Waals surface area (Å²) in [5.74, 6) is 3.22. The van der Waals surface area contributed by atoms with Crippen LogP contribution in [0.4, 0.5) is 0 Å². The highest BCUT2D eigenvalue weighted by Crippen LogP contribution is 2.33. The number of hydrogen-bond donors (Lipinski definition) is 0. The van der Waals surface area contributed by atoms with E-state index in [1.807, 2.05) is 23.9 Å². The smallest absolute Gasteiger partial charge is 0.211 e. The van der Waals surface area contributed by atoms with Gasteiger partial charge >= 0.3 is 0 Å². The third-order valence-corrected chi connectivity index (χ3v) is 3.69. The van der Waals surface area contributed by atoms with Gasteiger partial charge in [-0.25, -0.2) is 9.79 Å². The van der Waals surface area contributed by atoms with Gasteiger partial charge in [-0.1, -0.05) is 24.3 Å². The molecule has 0 atom stereocenters. The molecule has 2 rings (SSSR count). The van der Waals surface area contributed by atoms with E-state index in [4.69, 9.17) is 0 Å². The molecule has 0 amide bonds. The Morgan fingerprint density at radius 3 is 2.57 bits per heavy atom. The van der Waals surface area contributed by atoms with Gasteiger partial charge in [-0.05, 0) is 11.1 Å². The molecule has 1 fully saturated rings. The molecule has 1 aromatic rings. The van der Waals surface area contributed by atoms with Crippen LogP contribution < -0.4 is 0 Å². The molecule has 3 heteroatoms. The molecule has 14 heavy (non-hydrogen) atoms. The van der Waals surface area contributed by atoms with E-state index >= 15 is 0 Å². The van der Waals surface area contributed by atoms with E-state index in [0.717, 1.165) is 11.5 Å². The summed E-state index contributed by atoms with van der Waals surface area (Å²) in [5, 5.41) is 0. The molecule has 0 unspecified atom stereocenters. The molecule has 0 bridgehead atoms. The Bertz CT molecular complexity index is 350. The van der Waals surface area contributed by atoms with Crippen molar-refractivity contribution < 1.29 is 4.79 Å². The second-order valence-corrected chi connectivity index (χ2v) is 4.46. The highest BCUT2D eigenvalue weighted by molar-refractivity contribution is 8.00. The summed E-state index contributed by atoms with van der Waals surface area (Å²) >= 11 is 1.99. The lowest BCUT2D eigenvalue weighted by molar-refractivity contribution is 0.563. The van der Waals surface area contributed by atoms with Gasteiger partial charge < -0.3 is 0 Å². The van der Waals surface area contributed by atoms with Crippen molar-refractivity contribution in [1.29, 1.82) is 0 Å². The van der Waals surface area contributed by atoms with Crippen LogP contribution in [0.25, 0.3) is 0 Å². The topological polar surface area (TPSA) is 29.4 Å². The summed E-state index contributed by atoms with van der Waals surface area (Å²) < 4.78 is 0. The largest absolute Gasteiger partial charge is 0.235 e. The molecule has 1 aromatic carbocycles. The van der Waals surface area contributed by atoms with Gasteiger partial charge in [0.05, 0.1) is 6.54 Å². The summed E-state index contributed by atoms with van der Waals surface area (Å²) in [4.78, 5) is 13.5. The standard InChI is InChI=1S/C11H11NOS/c13-8-12-5-9-1-3-10(4-2-9)11-6-14-7-11/h1-4,11H,5-7H2. The minimum absolute atomic E-state index is 0.448. The summed E-state index contributed by atoms with van der Waals surface area (Å²) in [7, 11) is 0. The Kier molecular flexibility index (Phi) is 3.02. The number of hydrogen-bond acceptors (Lipinski definition) is 3. The first kappa shape index (κ1) is 9.50. The zero-order valence-electron chi connectivity index (χ0n) is 7.77. The summed E-state index contributed by atoms with van der Waals surface area (Å²) in [6.07, 6.45) is 1.55. The molecule has 0 spiro atoms. The van der Waals surface area contributed by atoms with Gasteiger partial charge in [-0.3, -0.25) is 0 Å². The second-order valence-electron chi connectivity index (χ2n) is 3.38. The molecular weight excluding hydrogens is 194 g/mol. The summed E-state index contributed by atoms with van der Waals surface area (Å²) in [6, 6.07) is 8.36. The molecule has 1 saturated heterocycles. The molecule has 1 heterocycles. The van der Waals surface area contributed by atoms with E-state index in [1.54, 1.807) is 6.08 Å². The van der Waals surface area contributed by atoms with Crippen LogP contribution in [-0.2, 0) is 11.3 Å². The second kappa shape index (κ2) is 4.45. The molecule has 0 aliphatic carbocycles. The first-order valence-electron chi connectivity index (χ1n) is 4.60. The first-order valence-corrected chi connectivity index (χ1v) is 5.76. The fourth-order valence-electron chi connectivity index (χ4n) is 1.45. The fourth-order valence-corrected chi connectivity index (χ4v) is 2.30. The quantitative estimate of drug-likeness (QED) is 0.560. The minimum Gasteiger partial charge on any atom is -0.211 e. The molecule has 0 saturated carbocycles. The van der Waals surface area contributed by atoms with Crippen molar-refractivity contribution in [3.8, 4) is 0 Å². The zero-order valence-corrected chi connectivity index (χ0v) is 8.59. The van der Waals surface area contributed by atoms with Crippen LogP contribution in [0.2, 0.25) is 0 Å². The molecule has 72 valence electrons. The molecule has 0 aromatic heterocycles. The van der Waals surface area contributed by atoms with Gasteiger partial charge in [0.25, 0.3) is 0 Å². The van der Waals surface area contributed by atoms with E-state index in [2.05, 4.69) is 17.1 Å². The number of carbonyl (C=O) groups excluding carboxylic acids is 1. The molecule has 0 radical (unpaired) electrons. The van der Waals surface area contributed by atoms with Crippen LogP contribution in [0.5, 0.6) is 0 Å². The van der Waals surface area contributed by atoms with Gasteiger partial charge in [-0.2, -0.15) is 11.8 Å². The van der Waals surface area contributed by atoms with Crippen molar-refractivity contribution in [3.05, 3.63) is 35.4 Å². The first-order chi connectivity index (χ1) is 6.90. The van der Waals surface area contributed by atoms with Gasteiger partial charge in [0, 0.05) is 17.4 Å². The predicted molar refractivity (Wildman–Crippen MR) is 58.3 cm³/mol. The number of rotatable bonds is 3. The Balaban J connectivity index is 2.05. The normalized spacial score (nSPS) is 15.7. The van der Waals surface area contributed by atoms with Crippen LogP contribution in [0.15, 0.2) is 29.3 Å². The van der Waals surface area contributed by atoms with E-state index in [-0.39, 0.29) is 0 Å². The average Bonchev–Trinajstić information content (AvgIpc) is 2.14. The number of nitrogens with zero attached hydrogens (tertiary/aromatic N) is 1. The summed E-state index contributed by atoms with van der Waals surface area (Å²) in [5.41, 5.74) is 2.48. The lowest BCUT2D eigenvalue weighted by Crippen LogP contribution is -2.15. The van der Waals surface area contributed by atoms with Gasteiger partial charge in [0.2, 0.25) is 6.08 Å².